The zero-order chi connectivity index (χ0) is 12.3. The number of halogens is 3. The number of nitrogens with zero attached hydrogens (tertiary/aromatic N) is 3. The maximum absolute atomic E-state index is 13.5. The molecule has 3 nitrogen and oxygen atoms in total. The van der Waals surface area contributed by atoms with Gasteiger partial charge in [0.15, 0.2) is 0 Å². The second-order valence-corrected chi connectivity index (χ2v) is 4.54. The molecule has 1 saturated heterocycles. The normalized spacial score (nSPS) is 16.9. The quantitative estimate of drug-likeness (QED) is 0.780. The molecule has 0 aliphatic carbocycles. The minimum atomic E-state index is -0.338. The zero-order valence-corrected chi connectivity index (χ0v) is 11.7. The summed E-state index contributed by atoms with van der Waals surface area (Å²) in [5, 5.41) is 6.59. The van der Waals surface area contributed by atoms with Gasteiger partial charge < -0.3 is 4.90 Å². The van der Waals surface area contributed by atoms with Gasteiger partial charge in [-0.15, -0.1) is 12.4 Å². The van der Waals surface area contributed by atoms with Gasteiger partial charge in [0.1, 0.15) is 5.82 Å². The van der Waals surface area contributed by atoms with Crippen LogP contribution >= 0.6 is 24.0 Å². The van der Waals surface area contributed by atoms with Gasteiger partial charge in [-0.05, 0) is 19.2 Å². The van der Waals surface area contributed by atoms with E-state index in [1.54, 1.807) is 12.1 Å². The summed E-state index contributed by atoms with van der Waals surface area (Å²) in [6.07, 6.45) is 1.50. The molecule has 1 aliphatic heterocycles. The van der Waals surface area contributed by atoms with Crippen LogP contribution in [0.15, 0.2) is 23.3 Å². The fourth-order valence-electron chi connectivity index (χ4n) is 1.68. The van der Waals surface area contributed by atoms with Crippen LogP contribution in [0.25, 0.3) is 0 Å². The van der Waals surface area contributed by atoms with Gasteiger partial charge in [0.05, 0.1) is 11.2 Å². The first-order valence-corrected chi connectivity index (χ1v) is 5.96. The van der Waals surface area contributed by atoms with Crippen molar-refractivity contribution in [1.82, 2.24) is 9.91 Å². The third-order valence-corrected chi connectivity index (χ3v) is 3.16. The molecule has 0 unspecified atom stereocenters. The van der Waals surface area contributed by atoms with E-state index in [1.807, 2.05) is 5.01 Å². The monoisotopic (exact) mass is 291 g/mol. The number of rotatable bonds is 2. The summed E-state index contributed by atoms with van der Waals surface area (Å²) in [7, 11) is 2.08. The average Bonchev–Trinajstić information content (AvgIpc) is 2.31. The molecule has 6 heteroatoms. The minimum absolute atomic E-state index is 0. The van der Waals surface area contributed by atoms with E-state index in [0.29, 0.717) is 10.6 Å². The molecular weight excluding hydrogens is 276 g/mol. The van der Waals surface area contributed by atoms with Crippen LogP contribution in [-0.2, 0) is 0 Å². The molecule has 0 aromatic heterocycles. The van der Waals surface area contributed by atoms with E-state index in [1.165, 1.54) is 12.3 Å². The van der Waals surface area contributed by atoms with Crippen molar-refractivity contribution < 1.29 is 4.39 Å². The van der Waals surface area contributed by atoms with E-state index in [4.69, 9.17) is 11.6 Å². The Morgan fingerprint density at radius 2 is 1.94 bits per heavy atom. The van der Waals surface area contributed by atoms with Crippen molar-refractivity contribution in [2.45, 2.75) is 0 Å². The molecule has 0 atom stereocenters. The van der Waals surface area contributed by atoms with Crippen LogP contribution in [-0.4, -0.2) is 49.4 Å². The van der Waals surface area contributed by atoms with Gasteiger partial charge in [-0.1, -0.05) is 17.7 Å². The smallest absolute Gasteiger partial charge is 0.133 e. The van der Waals surface area contributed by atoms with Gasteiger partial charge in [-0.3, -0.25) is 5.01 Å². The molecule has 0 N–H and O–H groups in total. The number of benzene rings is 1. The number of hydrogen-bond donors (Lipinski definition) is 0. The Morgan fingerprint density at radius 1 is 1.28 bits per heavy atom. The summed E-state index contributed by atoms with van der Waals surface area (Å²) in [5.41, 5.74) is 0.355. The SMILES string of the molecule is CN1CCN(/N=C/c2c(F)cccc2Cl)CC1.Cl. The summed E-state index contributed by atoms with van der Waals surface area (Å²) >= 11 is 5.91. The van der Waals surface area contributed by atoms with E-state index in [-0.39, 0.29) is 18.2 Å². The van der Waals surface area contributed by atoms with E-state index in [2.05, 4.69) is 17.0 Å². The zero-order valence-electron chi connectivity index (χ0n) is 10.1. The van der Waals surface area contributed by atoms with E-state index in [9.17, 15) is 4.39 Å². The van der Waals surface area contributed by atoms with E-state index >= 15 is 0 Å². The highest BCUT2D eigenvalue weighted by molar-refractivity contribution is 6.33. The topological polar surface area (TPSA) is 18.8 Å². The minimum Gasteiger partial charge on any atom is -0.303 e. The molecule has 1 aromatic carbocycles. The predicted octanol–water partition coefficient (Wildman–Crippen LogP) is 2.48. The third kappa shape index (κ3) is 3.83. The first kappa shape index (κ1) is 15.2. The largest absolute Gasteiger partial charge is 0.303 e. The highest BCUT2D eigenvalue weighted by Crippen LogP contribution is 2.16. The Morgan fingerprint density at radius 3 is 2.56 bits per heavy atom. The van der Waals surface area contributed by atoms with E-state index in [0.717, 1.165) is 26.2 Å². The molecule has 1 fully saturated rings. The summed E-state index contributed by atoms with van der Waals surface area (Å²) in [5.74, 6) is -0.338. The van der Waals surface area contributed by atoms with Gasteiger partial charge in [-0.25, -0.2) is 4.39 Å². The Hall–Kier alpha value is -0.840. The van der Waals surface area contributed by atoms with Crippen molar-refractivity contribution in [3.05, 3.63) is 34.6 Å². The molecule has 18 heavy (non-hydrogen) atoms. The number of piperazine rings is 1. The van der Waals surface area contributed by atoms with Gasteiger partial charge >= 0.3 is 0 Å². The summed E-state index contributed by atoms with van der Waals surface area (Å²) in [4.78, 5) is 2.24. The fraction of sp³-hybridized carbons (Fsp3) is 0.417. The second-order valence-electron chi connectivity index (χ2n) is 4.14. The summed E-state index contributed by atoms with van der Waals surface area (Å²) in [6, 6.07) is 4.64. The number of hydrazone groups is 1. The van der Waals surface area contributed by atoms with Crippen molar-refractivity contribution >= 4 is 30.2 Å². The highest BCUT2D eigenvalue weighted by atomic mass is 35.5. The Kier molecular flexibility index (Phi) is 5.85. The van der Waals surface area contributed by atoms with Gasteiger partial charge in [0.25, 0.3) is 0 Å². The highest BCUT2D eigenvalue weighted by Gasteiger charge is 2.11. The number of hydrogen-bond acceptors (Lipinski definition) is 3. The van der Waals surface area contributed by atoms with Crippen molar-refractivity contribution in [3.63, 3.8) is 0 Å². The van der Waals surface area contributed by atoms with Crippen molar-refractivity contribution in [2.24, 2.45) is 5.10 Å². The Bertz CT molecular complexity index is 398. The van der Waals surface area contributed by atoms with Crippen LogP contribution in [0.3, 0.4) is 0 Å². The molecule has 0 spiro atoms. The molecule has 100 valence electrons. The lowest BCUT2D eigenvalue weighted by Gasteiger charge is -2.30. The molecule has 0 radical (unpaired) electrons. The molecule has 0 saturated carbocycles. The van der Waals surface area contributed by atoms with Crippen LogP contribution < -0.4 is 0 Å². The van der Waals surface area contributed by atoms with E-state index < -0.39 is 0 Å². The van der Waals surface area contributed by atoms with Crippen LogP contribution in [0, 0.1) is 5.82 Å². The molecule has 2 rings (SSSR count). The summed E-state index contributed by atoms with van der Waals surface area (Å²) in [6.45, 7) is 3.67. The average molecular weight is 292 g/mol. The molecule has 0 bridgehead atoms. The first-order valence-electron chi connectivity index (χ1n) is 5.58. The van der Waals surface area contributed by atoms with Crippen LogP contribution in [0.2, 0.25) is 5.02 Å². The van der Waals surface area contributed by atoms with Crippen LogP contribution in [0.4, 0.5) is 4.39 Å². The lowest BCUT2D eigenvalue weighted by atomic mass is 10.2. The van der Waals surface area contributed by atoms with Crippen molar-refractivity contribution in [1.29, 1.82) is 0 Å². The lowest BCUT2D eigenvalue weighted by molar-refractivity contribution is 0.159. The van der Waals surface area contributed by atoms with Crippen LogP contribution in [0.1, 0.15) is 5.56 Å². The molecule has 1 aromatic rings. The molecular formula is C12H16Cl2FN3. The first-order chi connectivity index (χ1) is 8.16. The molecule has 1 heterocycles. The van der Waals surface area contributed by atoms with Gasteiger partial charge in [0.2, 0.25) is 0 Å². The lowest BCUT2D eigenvalue weighted by Crippen LogP contribution is -2.41. The van der Waals surface area contributed by atoms with Crippen molar-refractivity contribution in [3.8, 4) is 0 Å². The third-order valence-electron chi connectivity index (χ3n) is 2.83. The van der Waals surface area contributed by atoms with Crippen molar-refractivity contribution in [2.75, 3.05) is 33.2 Å². The molecule has 0 amide bonds. The van der Waals surface area contributed by atoms with Crippen LogP contribution in [0.5, 0.6) is 0 Å². The Labute approximate surface area is 118 Å². The molecule has 1 aliphatic rings. The maximum atomic E-state index is 13.5. The maximum Gasteiger partial charge on any atom is 0.133 e. The predicted molar refractivity (Wildman–Crippen MR) is 75.3 cm³/mol. The Balaban J connectivity index is 0.00000162. The second kappa shape index (κ2) is 6.92. The van der Waals surface area contributed by atoms with Gasteiger partial charge in [-0.2, -0.15) is 5.10 Å². The summed E-state index contributed by atoms with van der Waals surface area (Å²) < 4.78 is 13.5. The van der Waals surface area contributed by atoms with Gasteiger partial charge in [0, 0.05) is 31.7 Å². The number of likely N-dealkylation sites (N-methyl/N-ethyl adjacent to an activating group) is 1. The fourth-order valence-corrected chi connectivity index (χ4v) is 1.90. The standard InChI is InChI=1S/C12H15ClFN3.ClH/c1-16-5-7-17(8-6-16)15-9-10-11(13)3-2-4-12(10)14;/h2-4,9H,5-8H2,1H3;1H/b15-9+;.